The lowest BCUT2D eigenvalue weighted by atomic mass is 10.2. The Morgan fingerprint density at radius 2 is 2.00 bits per heavy atom. The van der Waals surface area contributed by atoms with Crippen LogP contribution in [0.4, 0.5) is 5.82 Å². The molecule has 0 radical (unpaired) electrons. The van der Waals surface area contributed by atoms with Gasteiger partial charge in [-0.3, -0.25) is 9.59 Å². The van der Waals surface area contributed by atoms with E-state index >= 15 is 0 Å². The Kier molecular flexibility index (Phi) is 5.91. The molecule has 2 heterocycles. The van der Waals surface area contributed by atoms with Crippen LogP contribution >= 0.6 is 0 Å². The number of nitrogens with one attached hydrogen (secondary N) is 1. The van der Waals surface area contributed by atoms with E-state index < -0.39 is 0 Å². The van der Waals surface area contributed by atoms with Crippen molar-refractivity contribution in [3.05, 3.63) is 34.6 Å². The summed E-state index contributed by atoms with van der Waals surface area (Å²) in [6, 6.07) is 7.82. The van der Waals surface area contributed by atoms with Crippen LogP contribution in [0.5, 0.6) is 0 Å². The number of carbonyl (C=O) groups is 1. The lowest BCUT2D eigenvalue weighted by Gasteiger charge is -2.19. The number of fused-ring (bicyclic) bond motifs is 1. The minimum absolute atomic E-state index is 0.0125. The van der Waals surface area contributed by atoms with Crippen LogP contribution in [-0.2, 0) is 11.3 Å². The summed E-state index contributed by atoms with van der Waals surface area (Å²) in [5.41, 5.74) is 1.49. The average Bonchev–Trinajstić information content (AvgIpc) is 3.15. The van der Waals surface area contributed by atoms with Gasteiger partial charge >= 0.3 is 0 Å². The van der Waals surface area contributed by atoms with E-state index in [4.69, 9.17) is 0 Å². The average molecular weight is 356 g/mol. The zero-order valence-electron chi connectivity index (χ0n) is 15.7. The highest BCUT2D eigenvalue weighted by atomic mass is 16.2. The molecule has 6 nitrogen and oxygen atoms in total. The third kappa shape index (κ3) is 4.06. The summed E-state index contributed by atoms with van der Waals surface area (Å²) in [7, 11) is 0. The number of hydrogen-bond donors (Lipinski definition) is 1. The molecule has 6 heteroatoms. The third-order valence-corrected chi connectivity index (χ3v) is 4.93. The van der Waals surface area contributed by atoms with Gasteiger partial charge in [0.1, 0.15) is 0 Å². The van der Waals surface area contributed by atoms with Gasteiger partial charge in [-0.2, -0.15) is 0 Å². The topological polar surface area (TPSA) is 67.2 Å². The highest BCUT2D eigenvalue weighted by molar-refractivity contribution is 5.78. The first-order chi connectivity index (χ1) is 12.6. The van der Waals surface area contributed by atoms with Crippen molar-refractivity contribution in [1.29, 1.82) is 0 Å². The second-order valence-corrected chi connectivity index (χ2v) is 7.08. The van der Waals surface area contributed by atoms with Crippen LogP contribution in [0, 0.1) is 0 Å². The maximum Gasteiger partial charge on any atom is 0.294 e. The molecule has 1 unspecified atom stereocenters. The van der Waals surface area contributed by atoms with Gasteiger partial charge < -0.3 is 14.8 Å². The molecule has 26 heavy (non-hydrogen) atoms. The first-order valence-electron chi connectivity index (χ1n) is 9.64. The van der Waals surface area contributed by atoms with Crippen molar-refractivity contribution in [2.75, 3.05) is 18.0 Å². The van der Waals surface area contributed by atoms with Crippen LogP contribution < -0.4 is 15.8 Å². The minimum atomic E-state index is -0.0972. The molecule has 1 amide bonds. The van der Waals surface area contributed by atoms with Crippen LogP contribution in [0.3, 0.4) is 0 Å². The summed E-state index contributed by atoms with van der Waals surface area (Å²) in [6.07, 6.45) is 4.47. The van der Waals surface area contributed by atoms with E-state index in [1.165, 1.54) is 0 Å². The maximum absolute atomic E-state index is 13.0. The van der Waals surface area contributed by atoms with Gasteiger partial charge in [-0.1, -0.05) is 25.5 Å². The summed E-state index contributed by atoms with van der Waals surface area (Å²) >= 11 is 0. The van der Waals surface area contributed by atoms with Crippen molar-refractivity contribution in [2.24, 2.45) is 0 Å². The summed E-state index contributed by atoms with van der Waals surface area (Å²) < 4.78 is 1.71. The normalized spacial score (nSPS) is 15.4. The highest BCUT2D eigenvalue weighted by Crippen LogP contribution is 2.18. The van der Waals surface area contributed by atoms with E-state index in [2.05, 4.69) is 22.1 Å². The Labute approximate surface area is 154 Å². The van der Waals surface area contributed by atoms with Crippen molar-refractivity contribution in [1.82, 2.24) is 14.9 Å². The van der Waals surface area contributed by atoms with Crippen LogP contribution in [0.15, 0.2) is 29.1 Å². The number of anilines is 1. The highest BCUT2D eigenvalue weighted by Gasteiger charge is 2.20. The summed E-state index contributed by atoms with van der Waals surface area (Å²) in [6.45, 7) is 6.23. The fourth-order valence-corrected chi connectivity index (χ4v) is 3.60. The molecular weight excluding hydrogens is 328 g/mol. The Balaban J connectivity index is 1.85. The first-order valence-corrected chi connectivity index (χ1v) is 9.64. The van der Waals surface area contributed by atoms with Crippen molar-refractivity contribution >= 4 is 22.8 Å². The maximum atomic E-state index is 13.0. The zero-order chi connectivity index (χ0) is 18.5. The number of aryl methyl sites for hydroxylation is 1. The molecule has 1 aliphatic rings. The van der Waals surface area contributed by atoms with Gasteiger partial charge in [0, 0.05) is 32.1 Å². The predicted molar refractivity (Wildman–Crippen MR) is 105 cm³/mol. The second kappa shape index (κ2) is 8.34. The van der Waals surface area contributed by atoms with Gasteiger partial charge in [-0.05, 0) is 38.3 Å². The number of para-hydroxylation sites is 2. The Hall–Kier alpha value is -2.37. The van der Waals surface area contributed by atoms with E-state index in [1.54, 1.807) is 4.57 Å². The molecule has 140 valence electrons. The molecule has 0 bridgehead atoms. The third-order valence-electron chi connectivity index (χ3n) is 4.93. The van der Waals surface area contributed by atoms with Gasteiger partial charge in [-0.15, -0.1) is 0 Å². The lowest BCUT2D eigenvalue weighted by Crippen LogP contribution is -2.35. The van der Waals surface area contributed by atoms with E-state index in [1.807, 2.05) is 31.2 Å². The fourth-order valence-electron chi connectivity index (χ4n) is 3.60. The smallest absolute Gasteiger partial charge is 0.294 e. The largest absolute Gasteiger partial charge is 0.354 e. The van der Waals surface area contributed by atoms with Gasteiger partial charge in [-0.25, -0.2) is 4.98 Å². The van der Waals surface area contributed by atoms with E-state index in [0.717, 1.165) is 49.8 Å². The minimum Gasteiger partial charge on any atom is -0.354 e. The van der Waals surface area contributed by atoms with Crippen molar-refractivity contribution in [3.63, 3.8) is 0 Å². The molecular formula is C20H28N4O2. The van der Waals surface area contributed by atoms with E-state index in [9.17, 15) is 9.59 Å². The molecule has 0 aliphatic carbocycles. The number of carbonyl (C=O) groups excluding carboxylic acids is 1. The Bertz CT molecular complexity index is 824. The summed E-state index contributed by atoms with van der Waals surface area (Å²) in [5.74, 6) is 0.502. The standard InChI is InChI=1S/C20H28N4O2/c1-3-8-15(2)21-18(25)11-14-24-17-10-5-4-9-16(17)22-19(20(24)26)23-12-6-7-13-23/h4-5,9-10,15H,3,6-8,11-14H2,1-2H3,(H,21,25). The lowest BCUT2D eigenvalue weighted by molar-refractivity contribution is -0.121. The molecule has 1 aromatic heterocycles. The van der Waals surface area contributed by atoms with Crippen molar-refractivity contribution < 1.29 is 4.79 Å². The predicted octanol–water partition coefficient (Wildman–Crippen LogP) is 2.69. The van der Waals surface area contributed by atoms with E-state index in [-0.39, 0.29) is 17.5 Å². The molecule has 2 aromatic rings. The summed E-state index contributed by atoms with van der Waals surface area (Å²) in [4.78, 5) is 31.9. The first kappa shape index (κ1) is 18.4. The molecule has 1 atom stereocenters. The molecule has 1 aromatic carbocycles. The molecule has 1 saturated heterocycles. The van der Waals surface area contributed by atoms with Gasteiger partial charge in [0.2, 0.25) is 5.91 Å². The molecule has 1 fully saturated rings. The summed E-state index contributed by atoms with van der Waals surface area (Å²) in [5, 5.41) is 3.01. The SMILES string of the molecule is CCCC(C)NC(=O)CCn1c(=O)c(N2CCCC2)nc2ccccc21. The molecule has 3 rings (SSSR count). The quantitative estimate of drug-likeness (QED) is 0.828. The van der Waals surface area contributed by atoms with Gasteiger partial charge in [0.15, 0.2) is 5.82 Å². The van der Waals surface area contributed by atoms with Crippen molar-refractivity contribution in [2.45, 2.75) is 58.5 Å². The Morgan fingerprint density at radius 3 is 2.73 bits per heavy atom. The van der Waals surface area contributed by atoms with Crippen LogP contribution in [0.1, 0.15) is 46.0 Å². The number of rotatable bonds is 7. The Morgan fingerprint density at radius 1 is 1.27 bits per heavy atom. The molecule has 0 spiro atoms. The number of amides is 1. The molecule has 1 aliphatic heterocycles. The number of benzene rings is 1. The monoisotopic (exact) mass is 356 g/mol. The van der Waals surface area contributed by atoms with Gasteiger partial charge in [0.05, 0.1) is 11.0 Å². The second-order valence-electron chi connectivity index (χ2n) is 7.08. The zero-order valence-corrected chi connectivity index (χ0v) is 15.7. The van der Waals surface area contributed by atoms with E-state index in [0.29, 0.717) is 18.8 Å². The number of hydrogen-bond acceptors (Lipinski definition) is 4. The molecule has 1 N–H and O–H groups in total. The number of nitrogens with zero attached hydrogens (tertiary/aromatic N) is 3. The van der Waals surface area contributed by atoms with Gasteiger partial charge in [0.25, 0.3) is 5.56 Å². The van der Waals surface area contributed by atoms with Crippen LogP contribution in [0.25, 0.3) is 11.0 Å². The molecule has 0 saturated carbocycles. The van der Waals surface area contributed by atoms with Crippen molar-refractivity contribution in [3.8, 4) is 0 Å². The van der Waals surface area contributed by atoms with Crippen LogP contribution in [-0.4, -0.2) is 34.6 Å². The van der Waals surface area contributed by atoms with Crippen LogP contribution in [0.2, 0.25) is 0 Å². The fraction of sp³-hybridized carbons (Fsp3) is 0.550. The number of aromatic nitrogens is 2.